The van der Waals surface area contributed by atoms with Crippen LogP contribution in [0.2, 0.25) is 0 Å². The topological polar surface area (TPSA) is 95.2 Å². The molecule has 1 N–H and O–H groups in total. The molecule has 2 aromatic heterocycles. The summed E-state index contributed by atoms with van der Waals surface area (Å²) in [5.41, 5.74) is 0.881. The highest BCUT2D eigenvalue weighted by Crippen LogP contribution is 2.32. The maximum atomic E-state index is 5.47. The Balaban J connectivity index is 1.85. The summed E-state index contributed by atoms with van der Waals surface area (Å²) in [6, 6.07) is 1.81. The van der Waals surface area contributed by atoms with E-state index in [4.69, 9.17) is 14.0 Å². The number of ether oxygens (including phenoxy) is 2. The first-order valence-electron chi connectivity index (χ1n) is 8.13. The molecule has 1 atom stereocenters. The maximum Gasteiger partial charge on any atom is 0.249 e. The fraction of sp³-hybridized carbons (Fsp3) is 0.625. The van der Waals surface area contributed by atoms with Crippen molar-refractivity contribution in [2.45, 2.75) is 39.3 Å². The van der Waals surface area contributed by atoms with Crippen molar-refractivity contribution in [2.24, 2.45) is 5.92 Å². The average molecular weight is 333 g/mol. The van der Waals surface area contributed by atoms with E-state index in [1.54, 1.807) is 7.11 Å². The molecule has 1 fully saturated rings. The van der Waals surface area contributed by atoms with Crippen molar-refractivity contribution in [1.82, 2.24) is 20.1 Å². The van der Waals surface area contributed by atoms with Crippen LogP contribution in [-0.4, -0.2) is 40.4 Å². The molecule has 0 aromatic carbocycles. The summed E-state index contributed by atoms with van der Waals surface area (Å²) in [5.74, 6) is 2.95. The first-order valence-corrected chi connectivity index (χ1v) is 8.13. The van der Waals surface area contributed by atoms with E-state index in [0.29, 0.717) is 30.1 Å². The number of methoxy groups -OCH3 is 1. The minimum Gasteiger partial charge on any atom is -0.381 e. The van der Waals surface area contributed by atoms with Gasteiger partial charge in [-0.15, -0.1) is 0 Å². The minimum atomic E-state index is -0.0974. The van der Waals surface area contributed by atoms with Gasteiger partial charge in [-0.1, -0.05) is 5.16 Å². The summed E-state index contributed by atoms with van der Waals surface area (Å²) in [5, 5.41) is 7.39. The Bertz CT molecular complexity index is 669. The molecule has 24 heavy (non-hydrogen) atoms. The summed E-state index contributed by atoms with van der Waals surface area (Å²) in [4.78, 5) is 13.3. The van der Waals surface area contributed by atoms with Gasteiger partial charge < -0.3 is 19.3 Å². The Morgan fingerprint density at radius 3 is 2.71 bits per heavy atom. The molecule has 0 radical (unpaired) electrons. The molecule has 3 heterocycles. The van der Waals surface area contributed by atoms with Crippen LogP contribution in [-0.2, 0) is 16.1 Å². The third-order valence-electron chi connectivity index (χ3n) is 4.02. The molecule has 0 saturated carbocycles. The number of anilines is 1. The molecule has 130 valence electrons. The van der Waals surface area contributed by atoms with Gasteiger partial charge in [0.2, 0.25) is 5.89 Å². The van der Waals surface area contributed by atoms with Crippen LogP contribution in [0.25, 0.3) is 0 Å². The van der Waals surface area contributed by atoms with Crippen LogP contribution < -0.4 is 5.32 Å². The molecule has 0 bridgehead atoms. The quantitative estimate of drug-likeness (QED) is 0.859. The average Bonchev–Trinajstić information content (AvgIpc) is 2.99. The summed E-state index contributed by atoms with van der Waals surface area (Å²) < 4.78 is 16.0. The molecular formula is C16H23N5O3. The summed E-state index contributed by atoms with van der Waals surface area (Å²) >= 11 is 0. The lowest BCUT2D eigenvalue weighted by Gasteiger charge is -2.29. The summed E-state index contributed by atoms with van der Waals surface area (Å²) in [7, 11) is 1.63. The van der Waals surface area contributed by atoms with Crippen LogP contribution in [0, 0.1) is 19.8 Å². The molecule has 3 rings (SSSR count). The van der Waals surface area contributed by atoms with Crippen LogP contribution in [0.1, 0.15) is 42.1 Å². The van der Waals surface area contributed by atoms with E-state index in [9.17, 15) is 0 Å². The molecule has 0 spiro atoms. The smallest absolute Gasteiger partial charge is 0.249 e. The lowest BCUT2D eigenvalue weighted by molar-refractivity contribution is 0.0570. The second-order valence-electron chi connectivity index (χ2n) is 6.00. The second kappa shape index (κ2) is 7.67. The van der Waals surface area contributed by atoms with Gasteiger partial charge in [0.25, 0.3) is 0 Å². The third-order valence-corrected chi connectivity index (χ3v) is 4.02. The fourth-order valence-electron chi connectivity index (χ4n) is 2.93. The Kier molecular flexibility index (Phi) is 5.37. The van der Waals surface area contributed by atoms with Crippen LogP contribution in [0.15, 0.2) is 10.6 Å². The number of aryl methyl sites for hydroxylation is 2. The molecule has 8 heteroatoms. The van der Waals surface area contributed by atoms with Gasteiger partial charge in [0, 0.05) is 32.1 Å². The number of aromatic nitrogens is 4. The number of hydrogen-bond donors (Lipinski definition) is 1. The largest absolute Gasteiger partial charge is 0.381 e. The highest BCUT2D eigenvalue weighted by atomic mass is 16.5. The third kappa shape index (κ3) is 4.07. The van der Waals surface area contributed by atoms with Crippen molar-refractivity contribution in [3.05, 3.63) is 29.3 Å². The fourth-order valence-corrected chi connectivity index (χ4v) is 2.93. The highest BCUT2D eigenvalue weighted by molar-refractivity contribution is 5.38. The van der Waals surface area contributed by atoms with E-state index in [-0.39, 0.29) is 6.04 Å². The minimum absolute atomic E-state index is 0.0974. The zero-order valence-corrected chi connectivity index (χ0v) is 14.3. The molecule has 1 saturated heterocycles. The van der Waals surface area contributed by atoms with E-state index >= 15 is 0 Å². The van der Waals surface area contributed by atoms with Gasteiger partial charge in [-0.2, -0.15) is 4.98 Å². The predicted molar refractivity (Wildman–Crippen MR) is 86.4 cm³/mol. The molecule has 1 unspecified atom stereocenters. The van der Waals surface area contributed by atoms with Gasteiger partial charge in [0.05, 0.1) is 0 Å². The van der Waals surface area contributed by atoms with Gasteiger partial charge in [-0.05, 0) is 32.6 Å². The maximum absolute atomic E-state index is 5.47. The highest BCUT2D eigenvalue weighted by Gasteiger charge is 2.30. The van der Waals surface area contributed by atoms with Crippen LogP contribution in [0.3, 0.4) is 0 Å². The van der Waals surface area contributed by atoms with Crippen molar-refractivity contribution >= 4 is 5.82 Å². The Morgan fingerprint density at radius 2 is 2.04 bits per heavy atom. The van der Waals surface area contributed by atoms with Crippen molar-refractivity contribution in [3.63, 3.8) is 0 Å². The van der Waals surface area contributed by atoms with Gasteiger partial charge in [0.1, 0.15) is 18.5 Å². The predicted octanol–water partition coefficient (Wildman–Crippen LogP) is 2.20. The van der Waals surface area contributed by atoms with Crippen LogP contribution >= 0.6 is 0 Å². The number of nitrogens with one attached hydrogen (secondary N) is 1. The molecule has 1 aliphatic rings. The Labute approximate surface area is 141 Å². The van der Waals surface area contributed by atoms with E-state index < -0.39 is 0 Å². The standard InChI is InChI=1S/C16H23N5O3/c1-10-8-13(19-14(17-10)9-22-3)20-15(12-4-6-23-7-5-12)16-18-11(2)21-24-16/h8,12,15H,4-7,9H2,1-3H3,(H,17,19,20). The first kappa shape index (κ1) is 16.8. The zero-order chi connectivity index (χ0) is 16.9. The monoisotopic (exact) mass is 333 g/mol. The van der Waals surface area contributed by atoms with Gasteiger partial charge in [-0.25, -0.2) is 9.97 Å². The summed E-state index contributed by atoms with van der Waals surface area (Å²) in [6.07, 6.45) is 1.88. The SMILES string of the molecule is COCc1nc(C)cc(NC(c2nc(C)no2)C2CCOCC2)n1. The lowest BCUT2D eigenvalue weighted by atomic mass is 9.91. The number of hydrogen-bond acceptors (Lipinski definition) is 8. The van der Waals surface area contributed by atoms with E-state index in [1.807, 2.05) is 19.9 Å². The first-order chi connectivity index (χ1) is 11.7. The Morgan fingerprint density at radius 1 is 1.25 bits per heavy atom. The van der Waals surface area contributed by atoms with Crippen molar-refractivity contribution in [2.75, 3.05) is 25.6 Å². The van der Waals surface area contributed by atoms with E-state index in [0.717, 1.165) is 37.6 Å². The molecule has 1 aliphatic heterocycles. The van der Waals surface area contributed by atoms with E-state index in [2.05, 4.69) is 25.4 Å². The van der Waals surface area contributed by atoms with Crippen LogP contribution in [0.4, 0.5) is 5.82 Å². The van der Waals surface area contributed by atoms with Gasteiger partial charge in [0.15, 0.2) is 11.6 Å². The molecule has 0 aliphatic carbocycles. The summed E-state index contributed by atoms with van der Waals surface area (Å²) in [6.45, 7) is 5.62. The van der Waals surface area contributed by atoms with Crippen molar-refractivity contribution in [1.29, 1.82) is 0 Å². The van der Waals surface area contributed by atoms with Gasteiger partial charge >= 0.3 is 0 Å². The molecular weight excluding hydrogens is 310 g/mol. The zero-order valence-electron chi connectivity index (χ0n) is 14.3. The molecule has 0 amide bonds. The van der Waals surface area contributed by atoms with Gasteiger partial charge in [-0.3, -0.25) is 0 Å². The number of rotatable bonds is 6. The Hall–Kier alpha value is -2.06. The number of nitrogens with zero attached hydrogens (tertiary/aromatic N) is 4. The van der Waals surface area contributed by atoms with Crippen LogP contribution in [0.5, 0.6) is 0 Å². The van der Waals surface area contributed by atoms with Crippen molar-refractivity contribution < 1.29 is 14.0 Å². The lowest BCUT2D eigenvalue weighted by Crippen LogP contribution is -2.28. The van der Waals surface area contributed by atoms with Crippen molar-refractivity contribution in [3.8, 4) is 0 Å². The molecule has 8 nitrogen and oxygen atoms in total. The second-order valence-corrected chi connectivity index (χ2v) is 6.00. The molecule has 2 aromatic rings. The normalized spacial score (nSPS) is 17.0. The van der Waals surface area contributed by atoms with E-state index in [1.165, 1.54) is 0 Å².